The lowest BCUT2D eigenvalue weighted by atomic mass is 10.1. The van der Waals surface area contributed by atoms with Gasteiger partial charge in [0.1, 0.15) is 0 Å². The number of hydrogen-bond donors (Lipinski definition) is 0. The van der Waals surface area contributed by atoms with Crippen LogP contribution in [0.25, 0.3) is 0 Å². The molecular weight excluding hydrogens is 214 g/mol. The summed E-state index contributed by atoms with van der Waals surface area (Å²) in [6.45, 7) is 0.461. The van der Waals surface area contributed by atoms with Crippen LogP contribution in [-0.4, -0.2) is 33.1 Å². The Morgan fingerprint density at radius 2 is 2.20 bits per heavy atom. The van der Waals surface area contributed by atoms with Crippen molar-refractivity contribution in [1.29, 1.82) is 5.26 Å². The van der Waals surface area contributed by atoms with Gasteiger partial charge in [0.25, 0.3) is 0 Å². The molecule has 5 heteroatoms. The smallest absolute Gasteiger partial charge is 0.154 e. The molecule has 0 radical (unpaired) electrons. The number of hydrogen-bond acceptors (Lipinski definition) is 4. The minimum absolute atomic E-state index is 0.143. The predicted molar refractivity (Wildman–Crippen MR) is 57.0 cm³/mol. The van der Waals surface area contributed by atoms with Crippen LogP contribution in [0.15, 0.2) is 0 Å². The average Bonchev–Trinajstić information content (AvgIpc) is 2.66. The SMILES string of the molecule is COCCCS(=O)(=O)C1CCCC1C#N. The summed E-state index contributed by atoms with van der Waals surface area (Å²) in [7, 11) is -1.54. The van der Waals surface area contributed by atoms with Crippen molar-refractivity contribution >= 4 is 9.84 Å². The van der Waals surface area contributed by atoms with E-state index in [2.05, 4.69) is 6.07 Å². The van der Waals surface area contributed by atoms with E-state index < -0.39 is 15.1 Å². The van der Waals surface area contributed by atoms with E-state index in [9.17, 15) is 8.42 Å². The highest BCUT2D eigenvalue weighted by atomic mass is 32.2. The lowest BCUT2D eigenvalue weighted by Gasteiger charge is -2.13. The number of sulfone groups is 1. The van der Waals surface area contributed by atoms with Crippen LogP contribution in [0.1, 0.15) is 25.7 Å². The molecule has 2 atom stereocenters. The third-order valence-electron chi connectivity index (χ3n) is 2.86. The number of rotatable bonds is 5. The fraction of sp³-hybridized carbons (Fsp3) is 0.900. The molecule has 0 aromatic rings. The Labute approximate surface area is 91.1 Å². The summed E-state index contributed by atoms with van der Waals surface area (Å²) in [5, 5.41) is 8.40. The van der Waals surface area contributed by atoms with Gasteiger partial charge in [-0.15, -0.1) is 0 Å². The molecule has 1 fully saturated rings. The Morgan fingerprint density at radius 3 is 2.80 bits per heavy atom. The lowest BCUT2D eigenvalue weighted by molar-refractivity contribution is 0.199. The van der Waals surface area contributed by atoms with E-state index >= 15 is 0 Å². The van der Waals surface area contributed by atoms with Gasteiger partial charge in [-0.05, 0) is 19.3 Å². The van der Waals surface area contributed by atoms with Gasteiger partial charge in [-0.2, -0.15) is 5.26 Å². The van der Waals surface area contributed by atoms with Crippen LogP contribution in [0.2, 0.25) is 0 Å². The minimum atomic E-state index is -3.10. The number of nitrogens with zero attached hydrogens (tertiary/aromatic N) is 1. The molecule has 4 nitrogen and oxygen atoms in total. The van der Waals surface area contributed by atoms with Crippen LogP contribution >= 0.6 is 0 Å². The minimum Gasteiger partial charge on any atom is -0.385 e. The molecule has 0 saturated heterocycles. The lowest BCUT2D eigenvalue weighted by Crippen LogP contribution is -2.27. The molecule has 1 saturated carbocycles. The Balaban J connectivity index is 2.57. The third-order valence-corrected chi connectivity index (χ3v) is 5.20. The topological polar surface area (TPSA) is 67.2 Å². The first kappa shape index (κ1) is 12.5. The standard InChI is InChI=1S/C10H17NO3S/c1-14-6-3-7-15(12,13)10-5-2-4-9(10)8-11/h9-10H,2-7H2,1H3. The largest absolute Gasteiger partial charge is 0.385 e. The molecule has 15 heavy (non-hydrogen) atoms. The second-order valence-electron chi connectivity index (χ2n) is 3.92. The summed E-state index contributed by atoms with van der Waals surface area (Å²) in [6, 6.07) is 2.10. The first-order valence-electron chi connectivity index (χ1n) is 5.22. The van der Waals surface area contributed by atoms with E-state index in [0.29, 0.717) is 19.4 Å². The summed E-state index contributed by atoms with van der Waals surface area (Å²) in [5.74, 6) is -0.151. The van der Waals surface area contributed by atoms with E-state index in [4.69, 9.17) is 10.00 Å². The summed E-state index contributed by atoms with van der Waals surface area (Å²) >= 11 is 0. The van der Waals surface area contributed by atoms with Crippen LogP contribution < -0.4 is 0 Å². The van der Waals surface area contributed by atoms with Gasteiger partial charge in [-0.25, -0.2) is 8.42 Å². The van der Waals surface area contributed by atoms with Crippen molar-refractivity contribution in [3.05, 3.63) is 0 Å². The molecule has 1 aliphatic carbocycles. The number of ether oxygens (including phenoxy) is 1. The number of nitriles is 1. The molecule has 0 N–H and O–H groups in total. The zero-order valence-corrected chi connectivity index (χ0v) is 9.79. The van der Waals surface area contributed by atoms with E-state index in [1.165, 1.54) is 0 Å². The van der Waals surface area contributed by atoms with Gasteiger partial charge in [0, 0.05) is 13.7 Å². The van der Waals surface area contributed by atoms with Crippen molar-refractivity contribution in [2.75, 3.05) is 19.5 Å². The summed E-state index contributed by atoms with van der Waals surface area (Å²) in [4.78, 5) is 0. The molecule has 0 spiro atoms. The summed E-state index contributed by atoms with van der Waals surface area (Å²) < 4.78 is 28.6. The molecule has 0 aromatic heterocycles. The molecule has 0 amide bonds. The fourth-order valence-corrected chi connectivity index (χ4v) is 4.11. The monoisotopic (exact) mass is 231 g/mol. The maximum absolute atomic E-state index is 11.9. The Bertz CT molecular complexity index is 331. The molecule has 86 valence electrons. The second kappa shape index (κ2) is 5.47. The van der Waals surface area contributed by atoms with Crippen LogP contribution in [0, 0.1) is 17.2 Å². The second-order valence-corrected chi connectivity index (χ2v) is 6.26. The van der Waals surface area contributed by atoms with Gasteiger partial charge in [-0.3, -0.25) is 0 Å². The molecule has 1 aliphatic rings. The summed E-state index contributed by atoms with van der Waals surface area (Å²) in [5.41, 5.74) is 0. The number of methoxy groups -OCH3 is 1. The maximum Gasteiger partial charge on any atom is 0.154 e. The van der Waals surface area contributed by atoms with Crippen molar-refractivity contribution in [2.24, 2.45) is 5.92 Å². The quantitative estimate of drug-likeness (QED) is 0.665. The highest BCUT2D eigenvalue weighted by Crippen LogP contribution is 2.31. The highest BCUT2D eigenvalue weighted by Gasteiger charge is 2.36. The molecule has 0 aromatic carbocycles. The van der Waals surface area contributed by atoms with Crippen molar-refractivity contribution in [3.8, 4) is 6.07 Å². The van der Waals surface area contributed by atoms with Crippen molar-refractivity contribution in [2.45, 2.75) is 30.9 Å². The van der Waals surface area contributed by atoms with Crippen molar-refractivity contribution in [1.82, 2.24) is 0 Å². The Hall–Kier alpha value is -0.600. The van der Waals surface area contributed by atoms with E-state index in [-0.39, 0.29) is 11.7 Å². The van der Waals surface area contributed by atoms with Gasteiger partial charge in [-0.1, -0.05) is 6.42 Å². The Kier molecular flexibility index (Phi) is 4.55. The summed E-state index contributed by atoms with van der Waals surface area (Å²) in [6.07, 6.45) is 2.75. The predicted octanol–water partition coefficient (Wildman–Crippen LogP) is 1.13. The van der Waals surface area contributed by atoms with Crippen molar-refractivity contribution in [3.63, 3.8) is 0 Å². The van der Waals surface area contributed by atoms with Crippen LogP contribution in [0.3, 0.4) is 0 Å². The Morgan fingerprint density at radius 1 is 1.47 bits per heavy atom. The van der Waals surface area contributed by atoms with E-state index in [1.54, 1.807) is 7.11 Å². The zero-order valence-electron chi connectivity index (χ0n) is 8.98. The first-order chi connectivity index (χ1) is 7.11. The van der Waals surface area contributed by atoms with Crippen LogP contribution in [0.4, 0.5) is 0 Å². The first-order valence-corrected chi connectivity index (χ1v) is 6.93. The molecule has 0 bridgehead atoms. The van der Waals surface area contributed by atoms with Crippen LogP contribution in [0.5, 0.6) is 0 Å². The molecule has 2 unspecified atom stereocenters. The molecule has 0 heterocycles. The highest BCUT2D eigenvalue weighted by molar-refractivity contribution is 7.92. The molecule has 0 aliphatic heterocycles. The van der Waals surface area contributed by atoms with Gasteiger partial charge < -0.3 is 4.74 Å². The van der Waals surface area contributed by atoms with E-state index in [0.717, 1.165) is 12.8 Å². The maximum atomic E-state index is 11.9. The normalized spacial score (nSPS) is 26.4. The zero-order chi connectivity index (χ0) is 11.3. The van der Waals surface area contributed by atoms with Crippen molar-refractivity contribution < 1.29 is 13.2 Å². The fourth-order valence-electron chi connectivity index (χ4n) is 2.06. The van der Waals surface area contributed by atoms with Gasteiger partial charge in [0.2, 0.25) is 0 Å². The third kappa shape index (κ3) is 3.18. The van der Waals surface area contributed by atoms with Gasteiger partial charge in [0.05, 0.1) is 23.0 Å². The van der Waals surface area contributed by atoms with Crippen LogP contribution in [-0.2, 0) is 14.6 Å². The van der Waals surface area contributed by atoms with E-state index in [1.807, 2.05) is 0 Å². The average molecular weight is 231 g/mol. The molecular formula is C10H17NO3S. The molecule has 1 rings (SSSR count). The van der Waals surface area contributed by atoms with Gasteiger partial charge >= 0.3 is 0 Å². The van der Waals surface area contributed by atoms with Gasteiger partial charge in [0.15, 0.2) is 9.84 Å².